The van der Waals surface area contributed by atoms with E-state index in [-0.39, 0.29) is 13.2 Å². The van der Waals surface area contributed by atoms with Crippen molar-refractivity contribution in [3.8, 4) is 23.6 Å². The highest BCUT2D eigenvalue weighted by Crippen LogP contribution is 2.36. The van der Waals surface area contributed by atoms with Crippen molar-refractivity contribution in [1.29, 1.82) is 10.5 Å². The minimum atomic E-state index is -1.19. The first-order chi connectivity index (χ1) is 9.62. The Kier molecular flexibility index (Phi) is 5.25. The van der Waals surface area contributed by atoms with Crippen LogP contribution in [0.5, 0.6) is 11.5 Å². The van der Waals surface area contributed by atoms with Crippen LogP contribution >= 0.6 is 0 Å². The van der Waals surface area contributed by atoms with Crippen LogP contribution in [0.2, 0.25) is 0 Å². The maximum atomic E-state index is 14.2. The zero-order chi connectivity index (χ0) is 15.1. The monoisotopic (exact) mass is 276 g/mol. The molecule has 0 N–H and O–H groups in total. The molecule has 0 aliphatic heterocycles. The third-order valence-electron chi connectivity index (χ3n) is 2.21. The van der Waals surface area contributed by atoms with Crippen molar-refractivity contribution < 1.29 is 18.3 Å². The van der Waals surface area contributed by atoms with Crippen molar-refractivity contribution >= 4 is 0 Å². The van der Waals surface area contributed by atoms with Crippen LogP contribution in [0.25, 0.3) is 0 Å². The molecule has 0 spiro atoms. The molecule has 4 nitrogen and oxygen atoms in total. The summed E-state index contributed by atoms with van der Waals surface area (Å²) < 4.78 is 38.1. The Morgan fingerprint density at radius 1 is 0.900 bits per heavy atom. The Morgan fingerprint density at radius 3 is 1.60 bits per heavy atom. The fraction of sp³-hybridized carbons (Fsp3) is 0.143. The van der Waals surface area contributed by atoms with Gasteiger partial charge in [-0.25, -0.2) is 4.39 Å². The highest BCUT2D eigenvalue weighted by molar-refractivity contribution is 5.58. The zero-order valence-corrected chi connectivity index (χ0v) is 10.4. The molecule has 0 saturated heterocycles. The van der Waals surface area contributed by atoms with E-state index in [1.165, 1.54) is 24.3 Å². The number of benzene rings is 1. The van der Waals surface area contributed by atoms with Crippen molar-refractivity contribution in [3.05, 3.63) is 48.1 Å². The van der Waals surface area contributed by atoms with Gasteiger partial charge in [0.1, 0.15) is 36.5 Å². The fourth-order valence-electron chi connectivity index (χ4n) is 1.40. The quantitative estimate of drug-likeness (QED) is 0.749. The molecule has 0 fully saturated rings. The molecule has 1 rings (SSSR count). The molecule has 1 aromatic rings. The summed E-state index contributed by atoms with van der Waals surface area (Å²) in [6.07, 6.45) is 2.61. The second-order valence-corrected chi connectivity index (χ2v) is 3.46. The van der Waals surface area contributed by atoms with Gasteiger partial charge in [0.2, 0.25) is 5.82 Å². The average molecular weight is 276 g/mol. The van der Waals surface area contributed by atoms with E-state index in [9.17, 15) is 8.78 Å². The van der Waals surface area contributed by atoms with Crippen molar-refractivity contribution in [2.75, 3.05) is 13.2 Å². The molecule has 0 aliphatic rings. The zero-order valence-electron chi connectivity index (χ0n) is 10.4. The Hall–Kier alpha value is -2.86. The van der Waals surface area contributed by atoms with Crippen molar-refractivity contribution in [3.63, 3.8) is 0 Å². The molecule has 0 amide bonds. The van der Waals surface area contributed by atoms with Crippen molar-refractivity contribution in [2.45, 2.75) is 0 Å². The SMILES string of the molecule is C=CCOc1c(F)c(OCC=C)c(C#N)c(F)c1C#N. The van der Waals surface area contributed by atoms with E-state index >= 15 is 0 Å². The van der Waals surface area contributed by atoms with Crippen LogP contribution in [0.15, 0.2) is 25.3 Å². The standard InChI is InChI=1S/C14H10F2N2O2/c1-3-5-19-13-9(7-17)11(15)10(8-18)14(12(13)16)20-6-4-2/h3-4H,1-2,5-6H2. The Balaban J connectivity index is 3.55. The number of ether oxygens (including phenoxy) is 2. The second kappa shape index (κ2) is 6.91. The van der Waals surface area contributed by atoms with E-state index < -0.39 is 34.3 Å². The fourth-order valence-corrected chi connectivity index (χ4v) is 1.40. The van der Waals surface area contributed by atoms with Crippen LogP contribution in [0, 0.1) is 34.3 Å². The topological polar surface area (TPSA) is 66.0 Å². The van der Waals surface area contributed by atoms with Crippen LogP contribution in [-0.4, -0.2) is 13.2 Å². The third kappa shape index (κ3) is 2.76. The molecule has 6 heteroatoms. The predicted octanol–water partition coefficient (Wildman–Crippen LogP) is 2.84. The minimum absolute atomic E-state index is 0.127. The van der Waals surface area contributed by atoms with Gasteiger partial charge in [-0.3, -0.25) is 0 Å². The molecule has 0 saturated carbocycles. The van der Waals surface area contributed by atoms with Crippen molar-refractivity contribution in [2.24, 2.45) is 0 Å². The number of hydrogen-bond acceptors (Lipinski definition) is 4. The number of hydrogen-bond donors (Lipinski definition) is 0. The van der Waals surface area contributed by atoms with E-state index in [1.54, 1.807) is 0 Å². The van der Waals surface area contributed by atoms with Gasteiger partial charge in [0.15, 0.2) is 17.3 Å². The number of rotatable bonds is 6. The molecular weight excluding hydrogens is 266 g/mol. The summed E-state index contributed by atoms with van der Waals surface area (Å²) in [6.45, 7) is 6.48. The Labute approximate surface area is 114 Å². The van der Waals surface area contributed by atoms with Gasteiger partial charge in [-0.1, -0.05) is 25.3 Å². The molecule has 0 radical (unpaired) electrons. The molecule has 0 aliphatic carbocycles. The lowest BCUT2D eigenvalue weighted by atomic mass is 10.1. The first kappa shape index (κ1) is 15.2. The van der Waals surface area contributed by atoms with E-state index in [0.29, 0.717) is 0 Å². The van der Waals surface area contributed by atoms with Crippen molar-refractivity contribution in [1.82, 2.24) is 0 Å². The third-order valence-corrected chi connectivity index (χ3v) is 2.21. The van der Waals surface area contributed by atoms with Gasteiger partial charge in [0.25, 0.3) is 0 Å². The minimum Gasteiger partial charge on any atom is -0.485 e. The summed E-state index contributed by atoms with van der Waals surface area (Å²) in [6, 6.07) is 2.94. The number of halogens is 2. The maximum Gasteiger partial charge on any atom is 0.209 e. The molecule has 20 heavy (non-hydrogen) atoms. The smallest absolute Gasteiger partial charge is 0.209 e. The Morgan fingerprint density at radius 2 is 1.30 bits per heavy atom. The summed E-state index contributed by atoms with van der Waals surface area (Å²) in [4.78, 5) is 0. The van der Waals surface area contributed by atoms with Gasteiger partial charge < -0.3 is 9.47 Å². The molecule has 0 aromatic heterocycles. The maximum absolute atomic E-state index is 14.2. The highest BCUT2D eigenvalue weighted by Gasteiger charge is 2.27. The molecule has 0 atom stereocenters. The molecule has 1 aromatic carbocycles. The lowest BCUT2D eigenvalue weighted by molar-refractivity contribution is 0.304. The molecule has 0 heterocycles. The molecule has 0 bridgehead atoms. The van der Waals surface area contributed by atoms with E-state index in [2.05, 4.69) is 13.2 Å². The first-order valence-electron chi connectivity index (χ1n) is 5.44. The van der Waals surface area contributed by atoms with Gasteiger partial charge in [-0.05, 0) is 0 Å². The van der Waals surface area contributed by atoms with Crippen LogP contribution < -0.4 is 9.47 Å². The van der Waals surface area contributed by atoms with E-state index in [4.69, 9.17) is 20.0 Å². The van der Waals surface area contributed by atoms with Gasteiger partial charge in [-0.2, -0.15) is 14.9 Å². The average Bonchev–Trinajstić information content (AvgIpc) is 2.45. The van der Waals surface area contributed by atoms with Gasteiger partial charge in [0, 0.05) is 0 Å². The highest BCUT2D eigenvalue weighted by atomic mass is 19.1. The van der Waals surface area contributed by atoms with Gasteiger partial charge in [0.05, 0.1) is 0 Å². The van der Waals surface area contributed by atoms with E-state index in [1.807, 2.05) is 0 Å². The lowest BCUT2D eigenvalue weighted by Gasteiger charge is -2.13. The molecule has 0 unspecified atom stereocenters. The summed E-state index contributed by atoms with van der Waals surface area (Å²) in [5.74, 6) is -3.51. The predicted molar refractivity (Wildman–Crippen MR) is 67.2 cm³/mol. The van der Waals surface area contributed by atoms with Gasteiger partial charge in [-0.15, -0.1) is 0 Å². The molecular formula is C14H10F2N2O2. The van der Waals surface area contributed by atoms with E-state index in [0.717, 1.165) is 0 Å². The largest absolute Gasteiger partial charge is 0.485 e. The van der Waals surface area contributed by atoms with Crippen LogP contribution in [0.4, 0.5) is 8.78 Å². The second-order valence-electron chi connectivity index (χ2n) is 3.46. The Bertz CT molecular complexity index is 577. The normalized spacial score (nSPS) is 9.20. The van der Waals surface area contributed by atoms with Crippen LogP contribution in [-0.2, 0) is 0 Å². The first-order valence-corrected chi connectivity index (χ1v) is 5.44. The van der Waals surface area contributed by atoms with Crippen LogP contribution in [0.1, 0.15) is 11.1 Å². The summed E-state index contributed by atoms with van der Waals surface area (Å²) in [5.41, 5.74) is -1.38. The number of nitriles is 2. The lowest BCUT2D eigenvalue weighted by Crippen LogP contribution is -2.07. The number of nitrogens with zero attached hydrogens (tertiary/aromatic N) is 2. The summed E-state index contributed by atoms with van der Waals surface area (Å²) in [7, 11) is 0. The molecule has 102 valence electrons. The summed E-state index contributed by atoms with van der Waals surface area (Å²) >= 11 is 0. The van der Waals surface area contributed by atoms with Gasteiger partial charge >= 0.3 is 0 Å². The van der Waals surface area contributed by atoms with Crippen LogP contribution in [0.3, 0.4) is 0 Å². The summed E-state index contributed by atoms with van der Waals surface area (Å²) in [5, 5.41) is 17.8.